The van der Waals surface area contributed by atoms with Crippen LogP contribution in [0.25, 0.3) is 0 Å². The predicted molar refractivity (Wildman–Crippen MR) is 90.0 cm³/mol. The van der Waals surface area contributed by atoms with Gasteiger partial charge in [0, 0.05) is 25.0 Å². The largest absolute Gasteiger partial charge is 0.326 e. The van der Waals surface area contributed by atoms with Crippen molar-refractivity contribution in [2.24, 2.45) is 5.73 Å². The van der Waals surface area contributed by atoms with E-state index in [1.165, 1.54) is 16.4 Å². The molecule has 2 aromatic carbocycles. The van der Waals surface area contributed by atoms with Gasteiger partial charge in [-0.2, -0.15) is 4.31 Å². The summed E-state index contributed by atoms with van der Waals surface area (Å²) in [6, 6.07) is 13.1. The van der Waals surface area contributed by atoms with Crippen LogP contribution >= 0.6 is 15.9 Å². The summed E-state index contributed by atoms with van der Waals surface area (Å²) < 4.78 is 40.3. The number of hydrogen-bond donors (Lipinski definition) is 1. The van der Waals surface area contributed by atoms with Gasteiger partial charge in [0.05, 0.1) is 9.37 Å². The first-order valence-corrected chi connectivity index (χ1v) is 9.38. The number of sulfonamides is 1. The molecule has 0 aliphatic carbocycles. The van der Waals surface area contributed by atoms with Gasteiger partial charge in [0.2, 0.25) is 10.0 Å². The molecule has 1 saturated heterocycles. The van der Waals surface area contributed by atoms with Gasteiger partial charge in [0.25, 0.3) is 0 Å². The number of benzene rings is 2. The maximum absolute atomic E-state index is 13.3. The molecule has 23 heavy (non-hydrogen) atoms. The summed E-state index contributed by atoms with van der Waals surface area (Å²) in [5.74, 6) is -0.543. The van der Waals surface area contributed by atoms with Gasteiger partial charge in [-0.25, -0.2) is 12.8 Å². The monoisotopic (exact) mass is 398 g/mol. The quantitative estimate of drug-likeness (QED) is 0.864. The van der Waals surface area contributed by atoms with E-state index in [1.807, 2.05) is 30.3 Å². The number of hydrogen-bond acceptors (Lipinski definition) is 3. The van der Waals surface area contributed by atoms with E-state index in [1.54, 1.807) is 0 Å². The van der Waals surface area contributed by atoms with Crippen molar-refractivity contribution in [1.82, 2.24) is 4.31 Å². The van der Waals surface area contributed by atoms with Gasteiger partial charge in [-0.1, -0.05) is 30.3 Å². The molecule has 0 bridgehead atoms. The third-order valence-electron chi connectivity index (χ3n) is 4.09. The minimum Gasteiger partial charge on any atom is -0.326 e. The smallest absolute Gasteiger partial charge is 0.243 e. The van der Waals surface area contributed by atoms with Gasteiger partial charge in [-0.05, 0) is 39.7 Å². The third kappa shape index (κ3) is 3.19. The second kappa shape index (κ2) is 6.32. The fourth-order valence-corrected chi connectivity index (χ4v) is 4.89. The van der Waals surface area contributed by atoms with Crippen molar-refractivity contribution in [3.8, 4) is 0 Å². The lowest BCUT2D eigenvalue weighted by Gasteiger charge is -2.17. The number of nitrogens with two attached hydrogens (primary N) is 1. The van der Waals surface area contributed by atoms with Crippen molar-refractivity contribution in [2.45, 2.75) is 16.9 Å². The van der Waals surface area contributed by atoms with E-state index in [-0.39, 0.29) is 27.9 Å². The molecule has 1 aliphatic rings. The van der Waals surface area contributed by atoms with Gasteiger partial charge in [-0.15, -0.1) is 0 Å². The Labute approximate surface area is 143 Å². The highest BCUT2D eigenvalue weighted by atomic mass is 79.9. The van der Waals surface area contributed by atoms with Crippen LogP contribution in [0.1, 0.15) is 11.5 Å². The standard InChI is InChI=1S/C16H16BrFN2O2S/c17-14-8-12(6-7-15(14)18)23(21,22)20-9-13(16(19)10-20)11-4-2-1-3-5-11/h1-8,13,16H,9-10,19H2/t13-,16+/m0/s1. The Balaban J connectivity index is 1.88. The lowest BCUT2D eigenvalue weighted by Crippen LogP contribution is -2.32. The molecule has 1 aliphatic heterocycles. The molecule has 4 nitrogen and oxygen atoms in total. The zero-order valence-corrected chi connectivity index (χ0v) is 14.6. The molecule has 0 radical (unpaired) electrons. The molecule has 0 amide bonds. The van der Waals surface area contributed by atoms with Crippen molar-refractivity contribution in [3.63, 3.8) is 0 Å². The van der Waals surface area contributed by atoms with Crippen molar-refractivity contribution in [1.29, 1.82) is 0 Å². The molecule has 0 spiro atoms. The van der Waals surface area contributed by atoms with Gasteiger partial charge in [-0.3, -0.25) is 0 Å². The predicted octanol–water partition coefficient (Wildman–Crippen LogP) is 2.70. The molecule has 0 aromatic heterocycles. The SMILES string of the molecule is N[C@@H]1CN(S(=O)(=O)c2ccc(F)c(Br)c2)C[C@H]1c1ccccc1. The van der Waals surface area contributed by atoms with Gasteiger partial charge >= 0.3 is 0 Å². The topological polar surface area (TPSA) is 63.4 Å². The van der Waals surface area contributed by atoms with Crippen LogP contribution in [-0.2, 0) is 10.0 Å². The normalized spacial score (nSPS) is 22.4. The average Bonchev–Trinajstić information content (AvgIpc) is 2.93. The average molecular weight is 399 g/mol. The fourth-order valence-electron chi connectivity index (χ4n) is 2.83. The minimum atomic E-state index is -3.70. The Morgan fingerprint density at radius 1 is 1.13 bits per heavy atom. The first-order valence-electron chi connectivity index (χ1n) is 7.15. The van der Waals surface area contributed by atoms with E-state index in [2.05, 4.69) is 15.9 Å². The second-order valence-electron chi connectivity index (χ2n) is 5.58. The molecule has 7 heteroatoms. The van der Waals surface area contributed by atoms with Crippen LogP contribution in [0.15, 0.2) is 57.9 Å². The molecule has 0 saturated carbocycles. The summed E-state index contributed by atoms with van der Waals surface area (Å²) >= 11 is 3.02. The van der Waals surface area contributed by atoms with E-state index in [9.17, 15) is 12.8 Å². The Kier molecular flexibility index (Phi) is 4.55. The minimum absolute atomic E-state index is 0.0464. The van der Waals surface area contributed by atoms with Crippen LogP contribution in [0.2, 0.25) is 0 Å². The molecule has 1 heterocycles. The van der Waals surface area contributed by atoms with Crippen LogP contribution in [-0.4, -0.2) is 31.9 Å². The molecule has 0 unspecified atom stereocenters. The Hall–Kier alpha value is -1.28. The molecule has 122 valence electrons. The van der Waals surface area contributed by atoms with Gasteiger partial charge in [0.15, 0.2) is 0 Å². The summed E-state index contributed by atoms with van der Waals surface area (Å²) in [4.78, 5) is 0.0617. The molecule has 2 atom stereocenters. The first kappa shape index (κ1) is 16.6. The van der Waals surface area contributed by atoms with Gasteiger partial charge in [0.1, 0.15) is 5.82 Å². The van der Waals surface area contributed by atoms with Crippen molar-refractivity contribution in [3.05, 3.63) is 64.4 Å². The van der Waals surface area contributed by atoms with Crippen LogP contribution in [0.4, 0.5) is 4.39 Å². The number of rotatable bonds is 3. The Bertz CT molecular complexity index is 814. The Morgan fingerprint density at radius 3 is 2.48 bits per heavy atom. The van der Waals surface area contributed by atoms with Crippen molar-refractivity contribution < 1.29 is 12.8 Å². The molecular weight excluding hydrogens is 383 g/mol. The zero-order valence-electron chi connectivity index (χ0n) is 12.2. The first-order chi connectivity index (χ1) is 10.9. The van der Waals surface area contributed by atoms with E-state index in [0.717, 1.165) is 11.6 Å². The lowest BCUT2D eigenvalue weighted by molar-refractivity contribution is 0.470. The van der Waals surface area contributed by atoms with Gasteiger partial charge < -0.3 is 5.73 Å². The Morgan fingerprint density at radius 2 is 1.83 bits per heavy atom. The highest BCUT2D eigenvalue weighted by Crippen LogP contribution is 2.31. The molecular formula is C16H16BrFN2O2S. The van der Waals surface area contributed by atoms with Crippen LogP contribution < -0.4 is 5.73 Å². The third-order valence-corrected chi connectivity index (χ3v) is 6.52. The second-order valence-corrected chi connectivity index (χ2v) is 8.37. The maximum atomic E-state index is 13.3. The van der Waals surface area contributed by atoms with E-state index >= 15 is 0 Å². The highest BCUT2D eigenvalue weighted by Gasteiger charge is 2.38. The summed E-state index contributed by atoms with van der Waals surface area (Å²) in [6.07, 6.45) is 0. The molecule has 1 fully saturated rings. The lowest BCUT2D eigenvalue weighted by atomic mass is 9.95. The van der Waals surface area contributed by atoms with Crippen LogP contribution in [0.3, 0.4) is 0 Å². The molecule has 2 aromatic rings. The van der Waals surface area contributed by atoms with E-state index in [0.29, 0.717) is 6.54 Å². The van der Waals surface area contributed by atoms with E-state index < -0.39 is 15.8 Å². The van der Waals surface area contributed by atoms with Crippen LogP contribution in [0.5, 0.6) is 0 Å². The van der Waals surface area contributed by atoms with Crippen molar-refractivity contribution in [2.75, 3.05) is 13.1 Å². The maximum Gasteiger partial charge on any atom is 0.243 e. The fraction of sp³-hybridized carbons (Fsp3) is 0.250. The number of nitrogens with zero attached hydrogens (tertiary/aromatic N) is 1. The number of halogens is 2. The van der Waals surface area contributed by atoms with Crippen molar-refractivity contribution >= 4 is 26.0 Å². The summed E-state index contributed by atoms with van der Waals surface area (Å²) in [5.41, 5.74) is 7.18. The zero-order chi connectivity index (χ0) is 16.6. The van der Waals surface area contributed by atoms with E-state index in [4.69, 9.17) is 5.73 Å². The summed E-state index contributed by atoms with van der Waals surface area (Å²) in [6.45, 7) is 0.569. The molecule has 3 rings (SSSR count). The van der Waals surface area contributed by atoms with Crippen LogP contribution in [0, 0.1) is 5.82 Å². The highest BCUT2D eigenvalue weighted by molar-refractivity contribution is 9.10. The molecule has 2 N–H and O–H groups in total. The summed E-state index contributed by atoms with van der Waals surface area (Å²) in [7, 11) is -3.70. The summed E-state index contributed by atoms with van der Waals surface area (Å²) in [5, 5.41) is 0.